The number of rotatable bonds is 43. The number of amides is 1. The lowest BCUT2D eigenvalue weighted by Crippen LogP contribution is -2.40. The molecule has 0 aromatic carbocycles. The summed E-state index contributed by atoms with van der Waals surface area (Å²) < 4.78 is 5.93. The van der Waals surface area contributed by atoms with Crippen molar-refractivity contribution in [3.63, 3.8) is 0 Å². The van der Waals surface area contributed by atoms with Gasteiger partial charge in [-0.1, -0.05) is 193 Å². The molecule has 0 heterocycles. The SMILES string of the molecule is CCCCCCC/C=C\C(CCCCCCC(=O)NC(CCCN)C(=O)O)OC(=O)CCCCCCCCCCCCCCCCCCCCCCCC. The molecule has 318 valence electrons. The zero-order valence-electron chi connectivity index (χ0n) is 35.8. The monoisotopic (exact) mass is 763 g/mol. The average molecular weight is 763 g/mol. The van der Waals surface area contributed by atoms with Crippen molar-refractivity contribution in [2.75, 3.05) is 6.54 Å². The summed E-state index contributed by atoms with van der Waals surface area (Å²) in [6.45, 7) is 4.93. The normalized spacial score (nSPS) is 12.6. The summed E-state index contributed by atoms with van der Waals surface area (Å²) in [5, 5.41) is 11.9. The van der Waals surface area contributed by atoms with Gasteiger partial charge in [0.1, 0.15) is 12.1 Å². The van der Waals surface area contributed by atoms with Crippen LogP contribution in [-0.2, 0) is 19.1 Å². The van der Waals surface area contributed by atoms with Crippen molar-refractivity contribution in [3.05, 3.63) is 12.2 Å². The number of ether oxygens (including phenoxy) is 1. The van der Waals surface area contributed by atoms with Gasteiger partial charge in [0.05, 0.1) is 0 Å². The van der Waals surface area contributed by atoms with Crippen molar-refractivity contribution >= 4 is 17.8 Å². The largest absolute Gasteiger partial charge is 0.480 e. The predicted molar refractivity (Wildman–Crippen MR) is 230 cm³/mol. The lowest BCUT2D eigenvalue weighted by molar-refractivity contribution is -0.147. The van der Waals surface area contributed by atoms with Crippen molar-refractivity contribution in [2.45, 2.75) is 264 Å². The lowest BCUT2D eigenvalue weighted by atomic mass is 10.0. The first-order valence-corrected chi connectivity index (χ1v) is 23.5. The van der Waals surface area contributed by atoms with E-state index in [1.165, 1.54) is 161 Å². The molecule has 0 spiro atoms. The van der Waals surface area contributed by atoms with E-state index in [1.54, 1.807) is 0 Å². The maximum absolute atomic E-state index is 12.7. The Morgan fingerprint density at radius 3 is 1.39 bits per heavy atom. The summed E-state index contributed by atoms with van der Waals surface area (Å²) in [5.41, 5.74) is 5.48. The molecule has 0 saturated heterocycles. The lowest BCUT2D eigenvalue weighted by Gasteiger charge is -2.15. The third kappa shape index (κ3) is 38.4. The van der Waals surface area contributed by atoms with Gasteiger partial charge in [0.15, 0.2) is 0 Å². The average Bonchev–Trinajstić information content (AvgIpc) is 3.16. The highest BCUT2D eigenvalue weighted by Crippen LogP contribution is 2.17. The Morgan fingerprint density at radius 1 is 0.537 bits per heavy atom. The predicted octanol–water partition coefficient (Wildman–Crippen LogP) is 13.5. The van der Waals surface area contributed by atoms with Crippen molar-refractivity contribution in [1.82, 2.24) is 5.32 Å². The quantitative estimate of drug-likeness (QED) is 0.0323. The number of allylic oxidation sites excluding steroid dienone is 1. The molecule has 0 bridgehead atoms. The Bertz CT molecular complexity index is 863. The molecule has 0 aliphatic heterocycles. The van der Waals surface area contributed by atoms with Crippen LogP contribution in [0.5, 0.6) is 0 Å². The van der Waals surface area contributed by atoms with Gasteiger partial charge >= 0.3 is 11.9 Å². The molecule has 4 N–H and O–H groups in total. The van der Waals surface area contributed by atoms with Crippen LogP contribution in [0.15, 0.2) is 12.2 Å². The van der Waals surface area contributed by atoms with Crippen LogP contribution in [0.1, 0.15) is 251 Å². The van der Waals surface area contributed by atoms with Crippen LogP contribution >= 0.6 is 0 Å². The Kier molecular flexibility index (Phi) is 40.8. The number of carbonyl (C=O) groups is 3. The molecule has 0 rings (SSSR count). The zero-order chi connectivity index (χ0) is 39.6. The summed E-state index contributed by atoms with van der Waals surface area (Å²) in [4.78, 5) is 36.3. The third-order valence-corrected chi connectivity index (χ3v) is 10.8. The van der Waals surface area contributed by atoms with Crippen molar-refractivity contribution in [3.8, 4) is 0 Å². The van der Waals surface area contributed by atoms with Crippen molar-refractivity contribution < 1.29 is 24.2 Å². The van der Waals surface area contributed by atoms with Gasteiger partial charge in [0, 0.05) is 12.8 Å². The number of carbonyl (C=O) groups excluding carboxylic acids is 2. The van der Waals surface area contributed by atoms with Gasteiger partial charge in [-0.25, -0.2) is 4.79 Å². The van der Waals surface area contributed by atoms with Gasteiger partial charge in [-0.05, 0) is 64.0 Å². The van der Waals surface area contributed by atoms with E-state index < -0.39 is 12.0 Å². The Morgan fingerprint density at radius 2 is 0.944 bits per heavy atom. The topological polar surface area (TPSA) is 119 Å². The minimum Gasteiger partial charge on any atom is -0.480 e. The summed E-state index contributed by atoms with van der Waals surface area (Å²) in [7, 11) is 0. The molecule has 7 nitrogen and oxygen atoms in total. The van der Waals surface area contributed by atoms with Gasteiger partial charge < -0.3 is 20.9 Å². The number of nitrogens with one attached hydrogen (secondary N) is 1. The fourth-order valence-electron chi connectivity index (χ4n) is 7.24. The number of aliphatic carboxylic acids is 1. The van der Waals surface area contributed by atoms with Crippen LogP contribution in [-0.4, -0.2) is 41.6 Å². The van der Waals surface area contributed by atoms with Crippen LogP contribution < -0.4 is 11.1 Å². The highest BCUT2D eigenvalue weighted by molar-refractivity contribution is 5.83. The second kappa shape index (κ2) is 42.3. The summed E-state index contributed by atoms with van der Waals surface area (Å²) in [6, 6.07) is -0.867. The molecule has 2 atom stereocenters. The fraction of sp³-hybridized carbons (Fsp3) is 0.894. The van der Waals surface area contributed by atoms with E-state index in [-0.39, 0.29) is 18.0 Å². The van der Waals surface area contributed by atoms with E-state index in [1.807, 2.05) is 0 Å². The molecule has 0 aliphatic carbocycles. The van der Waals surface area contributed by atoms with E-state index in [0.717, 1.165) is 44.9 Å². The van der Waals surface area contributed by atoms with Gasteiger partial charge in [-0.15, -0.1) is 0 Å². The van der Waals surface area contributed by atoms with E-state index >= 15 is 0 Å². The number of carboxylic acid groups (broad SMARTS) is 1. The van der Waals surface area contributed by atoms with Crippen LogP contribution in [0.2, 0.25) is 0 Å². The summed E-state index contributed by atoms with van der Waals surface area (Å²) >= 11 is 0. The molecule has 2 unspecified atom stereocenters. The highest BCUT2D eigenvalue weighted by atomic mass is 16.5. The molecule has 0 radical (unpaired) electrons. The minimum atomic E-state index is -1.01. The maximum atomic E-state index is 12.7. The van der Waals surface area contributed by atoms with Crippen LogP contribution in [0.25, 0.3) is 0 Å². The molecule has 0 aromatic heterocycles. The first-order valence-electron chi connectivity index (χ1n) is 23.5. The van der Waals surface area contributed by atoms with Gasteiger partial charge in [0.2, 0.25) is 5.91 Å². The fourth-order valence-corrected chi connectivity index (χ4v) is 7.24. The van der Waals surface area contributed by atoms with Crippen molar-refractivity contribution in [1.29, 1.82) is 0 Å². The molecule has 1 amide bonds. The number of unbranched alkanes of at least 4 members (excludes halogenated alkanes) is 29. The first kappa shape index (κ1) is 52.1. The van der Waals surface area contributed by atoms with E-state index in [9.17, 15) is 19.5 Å². The van der Waals surface area contributed by atoms with Gasteiger partial charge in [-0.3, -0.25) is 9.59 Å². The van der Waals surface area contributed by atoms with Crippen molar-refractivity contribution in [2.24, 2.45) is 5.73 Å². The maximum Gasteiger partial charge on any atom is 0.326 e. The van der Waals surface area contributed by atoms with E-state index in [4.69, 9.17) is 10.5 Å². The number of carboxylic acids is 1. The molecule has 54 heavy (non-hydrogen) atoms. The second-order valence-electron chi connectivity index (χ2n) is 16.2. The van der Waals surface area contributed by atoms with E-state index in [0.29, 0.717) is 38.6 Å². The van der Waals surface area contributed by atoms with Gasteiger partial charge in [-0.2, -0.15) is 0 Å². The van der Waals surface area contributed by atoms with Crippen LogP contribution in [0, 0.1) is 0 Å². The van der Waals surface area contributed by atoms with Crippen LogP contribution in [0.4, 0.5) is 0 Å². The molecular formula is C47H90N2O5. The smallest absolute Gasteiger partial charge is 0.326 e. The Hall–Kier alpha value is -1.89. The standard InChI is InChI=1S/C47H90N2O5/c1-3-5-7-9-11-12-13-14-15-16-17-18-19-20-21-22-23-24-25-27-29-35-41-46(51)54-43(37-32-28-26-10-8-6-4-2)38-33-30-31-34-40-45(50)49-44(47(52)53)39-36-42-48/h32,37,43-44H,3-31,33-36,38-42,48H2,1-2H3,(H,49,50)(H,52,53)/b37-32-. The highest BCUT2D eigenvalue weighted by Gasteiger charge is 2.19. The number of hydrogen-bond donors (Lipinski definition) is 3. The number of nitrogens with two attached hydrogens (primary N) is 1. The molecule has 0 aromatic rings. The molecular weight excluding hydrogens is 673 g/mol. The summed E-state index contributed by atoms with van der Waals surface area (Å²) in [6.07, 6.45) is 47.2. The first-order chi connectivity index (χ1) is 26.4. The van der Waals surface area contributed by atoms with Crippen LogP contribution in [0.3, 0.4) is 0 Å². The Labute approximate surface area is 334 Å². The van der Waals surface area contributed by atoms with E-state index in [2.05, 4.69) is 31.3 Å². The minimum absolute atomic E-state index is 0.0833. The molecule has 0 saturated carbocycles. The Balaban J connectivity index is 4.02. The molecule has 0 aliphatic rings. The number of esters is 1. The molecule has 7 heteroatoms. The second-order valence-corrected chi connectivity index (χ2v) is 16.2. The number of hydrogen-bond acceptors (Lipinski definition) is 5. The summed E-state index contributed by atoms with van der Waals surface area (Å²) in [5.74, 6) is -1.31. The molecule has 0 fully saturated rings. The zero-order valence-corrected chi connectivity index (χ0v) is 35.8. The third-order valence-electron chi connectivity index (χ3n) is 10.8. The van der Waals surface area contributed by atoms with Gasteiger partial charge in [0.25, 0.3) is 0 Å².